The Balaban J connectivity index is 1.34. The highest BCUT2D eigenvalue weighted by atomic mass is 16.5. The number of piperidine rings is 1. The first-order valence-corrected chi connectivity index (χ1v) is 12.7. The molecule has 8 nitrogen and oxygen atoms in total. The average molecular weight is 479 g/mol. The second kappa shape index (κ2) is 10.3. The van der Waals surface area contributed by atoms with Crippen molar-refractivity contribution in [3.05, 3.63) is 59.9 Å². The van der Waals surface area contributed by atoms with Crippen molar-refractivity contribution in [2.75, 3.05) is 32.8 Å². The van der Waals surface area contributed by atoms with Crippen LogP contribution in [0.2, 0.25) is 0 Å². The summed E-state index contributed by atoms with van der Waals surface area (Å²) in [5.74, 6) is 0.684. The van der Waals surface area contributed by atoms with E-state index in [0.717, 1.165) is 51.1 Å². The fourth-order valence-electron chi connectivity index (χ4n) is 5.70. The third-order valence-corrected chi connectivity index (χ3v) is 7.48. The van der Waals surface area contributed by atoms with Gasteiger partial charge < -0.3 is 14.8 Å². The number of likely N-dealkylation sites (tertiary alicyclic amines) is 1. The van der Waals surface area contributed by atoms with Gasteiger partial charge >= 0.3 is 6.03 Å². The van der Waals surface area contributed by atoms with E-state index in [9.17, 15) is 9.59 Å². The maximum Gasteiger partial charge on any atom is 0.325 e. The highest BCUT2D eigenvalue weighted by Gasteiger charge is 2.58. The number of hydrogen-bond acceptors (Lipinski definition) is 6. The van der Waals surface area contributed by atoms with Gasteiger partial charge in [0.05, 0.1) is 24.9 Å². The maximum atomic E-state index is 13.9. The maximum absolute atomic E-state index is 13.9. The van der Waals surface area contributed by atoms with Gasteiger partial charge in [0.15, 0.2) is 5.54 Å². The average Bonchev–Trinajstić information content (AvgIpc) is 3.49. The van der Waals surface area contributed by atoms with E-state index in [2.05, 4.69) is 21.3 Å². The molecule has 1 N–H and O–H groups in total. The Morgan fingerprint density at radius 3 is 2.63 bits per heavy atom. The Labute approximate surface area is 206 Å². The minimum Gasteiger partial charge on any atom is -0.494 e. The number of carbonyl (C=O) groups excluding carboxylic acids is 2. The van der Waals surface area contributed by atoms with Gasteiger partial charge in [-0.1, -0.05) is 24.3 Å². The summed E-state index contributed by atoms with van der Waals surface area (Å²) in [5, 5.41) is 3.10. The molecule has 0 unspecified atom stereocenters. The summed E-state index contributed by atoms with van der Waals surface area (Å²) >= 11 is 0. The van der Waals surface area contributed by atoms with Crippen molar-refractivity contribution in [3.8, 4) is 5.75 Å². The zero-order valence-electron chi connectivity index (χ0n) is 20.3. The monoisotopic (exact) mass is 478 g/mol. The van der Waals surface area contributed by atoms with Crippen molar-refractivity contribution in [1.82, 2.24) is 20.1 Å². The zero-order chi connectivity index (χ0) is 24.3. The lowest BCUT2D eigenvalue weighted by atomic mass is 9.75. The van der Waals surface area contributed by atoms with Crippen LogP contribution in [0.15, 0.2) is 48.7 Å². The molecule has 1 aromatic heterocycles. The fourth-order valence-corrected chi connectivity index (χ4v) is 5.70. The van der Waals surface area contributed by atoms with Crippen LogP contribution < -0.4 is 10.1 Å². The van der Waals surface area contributed by atoms with Crippen molar-refractivity contribution >= 4 is 11.9 Å². The van der Waals surface area contributed by atoms with Crippen molar-refractivity contribution in [2.45, 2.75) is 50.8 Å². The molecule has 3 amide bonds. The van der Waals surface area contributed by atoms with Crippen LogP contribution in [-0.4, -0.2) is 65.7 Å². The minimum absolute atomic E-state index is 0.0401. The molecular formula is C27H34N4O4. The van der Waals surface area contributed by atoms with Crippen LogP contribution in [0.1, 0.15) is 43.9 Å². The van der Waals surface area contributed by atoms with E-state index >= 15 is 0 Å². The van der Waals surface area contributed by atoms with Crippen molar-refractivity contribution in [1.29, 1.82) is 0 Å². The van der Waals surface area contributed by atoms with E-state index in [4.69, 9.17) is 9.47 Å². The summed E-state index contributed by atoms with van der Waals surface area (Å²) in [6.07, 6.45) is 5.01. The van der Waals surface area contributed by atoms with Crippen LogP contribution in [-0.2, 0) is 21.6 Å². The van der Waals surface area contributed by atoms with Crippen LogP contribution in [0.4, 0.5) is 4.79 Å². The second-order valence-electron chi connectivity index (χ2n) is 9.60. The molecule has 3 aliphatic heterocycles. The quantitative estimate of drug-likeness (QED) is 0.586. The van der Waals surface area contributed by atoms with E-state index in [1.54, 1.807) is 6.20 Å². The van der Waals surface area contributed by atoms with Gasteiger partial charge in [0.25, 0.3) is 5.91 Å². The van der Waals surface area contributed by atoms with Crippen molar-refractivity contribution < 1.29 is 19.1 Å². The number of rotatable bonds is 8. The van der Waals surface area contributed by atoms with Crippen LogP contribution in [0.5, 0.6) is 5.75 Å². The van der Waals surface area contributed by atoms with Gasteiger partial charge in [-0.25, -0.2) is 4.79 Å². The van der Waals surface area contributed by atoms with Crippen LogP contribution in [0.3, 0.4) is 0 Å². The summed E-state index contributed by atoms with van der Waals surface area (Å²) in [6.45, 7) is 6.06. The first-order chi connectivity index (χ1) is 17.1. The molecule has 186 valence electrons. The standard InChI is InChI=1S/C27H34N4O4/c1-2-34-23-10-4-3-8-20(23)18-30-15-12-21(13-16-30)27(24-11-5-6-14-28-24)25(32)31(26(33)29-27)19-22-9-7-17-35-22/h3-6,8,10-11,14,21-22H,2,7,9,12-13,15-19H2,1H3,(H,29,33)/t22-,27+/m0/s1. The van der Waals surface area contributed by atoms with Crippen molar-refractivity contribution in [3.63, 3.8) is 0 Å². The Bertz CT molecular complexity index is 1030. The summed E-state index contributed by atoms with van der Waals surface area (Å²) in [5.41, 5.74) is 0.653. The molecule has 0 bridgehead atoms. The third kappa shape index (κ3) is 4.65. The van der Waals surface area contributed by atoms with Gasteiger partial charge in [-0.05, 0) is 69.8 Å². The molecule has 1 aromatic carbocycles. The van der Waals surface area contributed by atoms with E-state index < -0.39 is 5.54 Å². The number of para-hydroxylation sites is 1. The van der Waals surface area contributed by atoms with Gasteiger partial charge in [-0.2, -0.15) is 0 Å². The Morgan fingerprint density at radius 1 is 1.11 bits per heavy atom. The molecule has 35 heavy (non-hydrogen) atoms. The van der Waals surface area contributed by atoms with Gasteiger partial charge in [0.1, 0.15) is 5.75 Å². The zero-order valence-corrected chi connectivity index (χ0v) is 20.3. The van der Waals surface area contributed by atoms with Crippen LogP contribution in [0, 0.1) is 5.92 Å². The molecule has 8 heteroatoms. The van der Waals surface area contributed by atoms with E-state index in [0.29, 0.717) is 25.5 Å². The lowest BCUT2D eigenvalue weighted by molar-refractivity contribution is -0.135. The Morgan fingerprint density at radius 2 is 1.91 bits per heavy atom. The molecule has 3 aliphatic rings. The molecule has 2 atom stereocenters. The normalized spacial score (nSPS) is 25.7. The number of nitrogens with zero attached hydrogens (tertiary/aromatic N) is 3. The first-order valence-electron chi connectivity index (χ1n) is 12.7. The van der Waals surface area contributed by atoms with E-state index in [-0.39, 0.29) is 24.0 Å². The number of nitrogens with one attached hydrogen (secondary N) is 1. The lowest BCUT2D eigenvalue weighted by Gasteiger charge is -2.40. The molecule has 0 aliphatic carbocycles. The number of imide groups is 1. The number of urea groups is 1. The van der Waals surface area contributed by atoms with Gasteiger partial charge in [0, 0.05) is 24.9 Å². The smallest absolute Gasteiger partial charge is 0.325 e. The molecule has 4 heterocycles. The van der Waals surface area contributed by atoms with Gasteiger partial charge in [-0.3, -0.25) is 19.6 Å². The van der Waals surface area contributed by atoms with Crippen LogP contribution >= 0.6 is 0 Å². The third-order valence-electron chi connectivity index (χ3n) is 7.48. The van der Waals surface area contributed by atoms with E-state index in [1.165, 1.54) is 10.5 Å². The number of ether oxygens (including phenoxy) is 2. The van der Waals surface area contributed by atoms with Crippen LogP contribution in [0.25, 0.3) is 0 Å². The molecule has 5 rings (SSSR count). The predicted octanol–water partition coefficient (Wildman–Crippen LogP) is 3.32. The summed E-state index contributed by atoms with van der Waals surface area (Å²) in [7, 11) is 0. The fraction of sp³-hybridized carbons (Fsp3) is 0.519. The number of pyridine rings is 1. The predicted molar refractivity (Wildman–Crippen MR) is 131 cm³/mol. The highest BCUT2D eigenvalue weighted by molar-refractivity contribution is 6.07. The van der Waals surface area contributed by atoms with Gasteiger partial charge in [-0.15, -0.1) is 0 Å². The number of aromatic nitrogens is 1. The molecule has 0 saturated carbocycles. The molecule has 3 saturated heterocycles. The Kier molecular flexibility index (Phi) is 7.02. The highest BCUT2D eigenvalue weighted by Crippen LogP contribution is 2.41. The number of benzene rings is 1. The molecular weight excluding hydrogens is 444 g/mol. The molecule has 0 radical (unpaired) electrons. The van der Waals surface area contributed by atoms with Gasteiger partial charge in [0.2, 0.25) is 0 Å². The van der Waals surface area contributed by atoms with Crippen molar-refractivity contribution in [2.24, 2.45) is 5.92 Å². The largest absolute Gasteiger partial charge is 0.494 e. The summed E-state index contributed by atoms with van der Waals surface area (Å²) in [6, 6.07) is 13.4. The molecule has 2 aromatic rings. The van der Waals surface area contributed by atoms with E-state index in [1.807, 2.05) is 43.3 Å². The number of carbonyl (C=O) groups is 2. The Hall–Kier alpha value is -2.97. The molecule has 3 fully saturated rings. The molecule has 0 spiro atoms. The minimum atomic E-state index is -1.13. The lowest BCUT2D eigenvalue weighted by Crippen LogP contribution is -2.54. The summed E-state index contributed by atoms with van der Waals surface area (Å²) < 4.78 is 11.5. The second-order valence-corrected chi connectivity index (χ2v) is 9.60. The summed E-state index contributed by atoms with van der Waals surface area (Å²) in [4.78, 5) is 35.3. The topological polar surface area (TPSA) is 84.0 Å². The number of hydrogen-bond donors (Lipinski definition) is 1. The number of amides is 3. The SMILES string of the molecule is CCOc1ccccc1CN1CCC([C@]2(c3ccccn3)NC(=O)N(C[C@@H]3CCCO3)C2=O)CC1. The first kappa shape index (κ1) is 23.8.